The summed E-state index contributed by atoms with van der Waals surface area (Å²) in [6.07, 6.45) is 13.5. The van der Waals surface area contributed by atoms with Crippen LogP contribution in [-0.2, 0) is 16.2 Å². The molecule has 0 aromatic heterocycles. The largest absolute Gasteiger partial charge is 0.311 e. The SMILES string of the molecule is CC(C)C1CCCC(c2ccc(N(c3ccccc3)c3ccccc3)cc2)(c2ccc(N(c3ccc(C45CC6CC(CC(C6)C4)C5)cc3)c3ccc4c(c3)C(C)(C)c3ccccc3-4)cc2)C1. The highest BCUT2D eigenvalue weighted by Gasteiger charge is 2.51. The third kappa shape index (κ3) is 6.96. The fourth-order valence-electron chi connectivity index (χ4n) is 14.7. The molecule has 2 heteroatoms. The first-order chi connectivity index (χ1) is 32.2. The zero-order valence-corrected chi connectivity index (χ0v) is 39.6. The van der Waals surface area contributed by atoms with Gasteiger partial charge >= 0.3 is 0 Å². The van der Waals surface area contributed by atoms with E-state index in [9.17, 15) is 0 Å². The molecule has 6 aliphatic rings. The maximum Gasteiger partial charge on any atom is 0.0465 e. The smallest absolute Gasteiger partial charge is 0.0465 e. The van der Waals surface area contributed by atoms with Crippen molar-refractivity contribution in [2.45, 2.75) is 108 Å². The summed E-state index contributed by atoms with van der Waals surface area (Å²) < 4.78 is 0. The van der Waals surface area contributed by atoms with E-state index >= 15 is 0 Å². The topological polar surface area (TPSA) is 6.48 Å². The molecule has 6 aliphatic carbocycles. The van der Waals surface area contributed by atoms with E-state index in [4.69, 9.17) is 0 Å². The highest BCUT2D eigenvalue weighted by Crippen LogP contribution is 2.61. The number of hydrogen-bond donors (Lipinski definition) is 0. The van der Waals surface area contributed by atoms with Gasteiger partial charge in [0.25, 0.3) is 0 Å². The molecule has 4 bridgehead atoms. The van der Waals surface area contributed by atoms with Crippen molar-refractivity contribution in [3.8, 4) is 11.1 Å². The number of nitrogens with zero attached hydrogens (tertiary/aromatic N) is 2. The molecule has 66 heavy (non-hydrogen) atoms. The van der Waals surface area contributed by atoms with Crippen LogP contribution in [0.3, 0.4) is 0 Å². The Morgan fingerprint density at radius 1 is 0.439 bits per heavy atom. The Hall–Kier alpha value is -5.86. The van der Waals surface area contributed by atoms with Crippen LogP contribution in [0.4, 0.5) is 34.1 Å². The van der Waals surface area contributed by atoms with Crippen molar-refractivity contribution in [1.29, 1.82) is 0 Å². The summed E-state index contributed by atoms with van der Waals surface area (Å²) in [4.78, 5) is 4.93. The van der Waals surface area contributed by atoms with Crippen LogP contribution in [0.15, 0.2) is 176 Å². The lowest BCUT2D eigenvalue weighted by molar-refractivity contribution is -0.00518. The molecule has 13 rings (SSSR count). The van der Waals surface area contributed by atoms with Crippen molar-refractivity contribution >= 4 is 34.1 Å². The molecule has 7 aromatic rings. The molecule has 0 radical (unpaired) electrons. The second-order valence-corrected chi connectivity index (χ2v) is 22.3. The van der Waals surface area contributed by atoms with E-state index in [0.717, 1.165) is 24.2 Å². The number of rotatable bonds is 10. The quantitative estimate of drug-likeness (QED) is 0.135. The molecule has 2 nitrogen and oxygen atoms in total. The Morgan fingerprint density at radius 3 is 1.41 bits per heavy atom. The van der Waals surface area contributed by atoms with Gasteiger partial charge in [-0.05, 0) is 198 Å². The van der Waals surface area contributed by atoms with Crippen LogP contribution in [0.25, 0.3) is 11.1 Å². The third-order valence-corrected chi connectivity index (χ3v) is 17.7. The minimum Gasteiger partial charge on any atom is -0.311 e. The molecular weight excluding hydrogens is 797 g/mol. The molecule has 0 amide bonds. The maximum atomic E-state index is 2.55. The maximum absolute atomic E-state index is 2.55. The molecule has 0 aliphatic heterocycles. The van der Waals surface area contributed by atoms with E-state index < -0.39 is 0 Å². The highest BCUT2D eigenvalue weighted by molar-refractivity contribution is 5.86. The minimum absolute atomic E-state index is 0.0672. The van der Waals surface area contributed by atoms with Crippen molar-refractivity contribution in [2.24, 2.45) is 29.6 Å². The van der Waals surface area contributed by atoms with Crippen LogP contribution < -0.4 is 9.80 Å². The summed E-state index contributed by atoms with van der Waals surface area (Å²) in [6, 6.07) is 67.4. The average Bonchev–Trinajstić information content (AvgIpc) is 3.57. The summed E-state index contributed by atoms with van der Waals surface area (Å²) in [5.74, 6) is 4.12. The molecule has 0 saturated heterocycles. The standard InChI is InChI=1S/C64H66N2/c1-44(2)48-14-13-35-64(43-48,50-23-29-54(30-24-50)65(52-15-7-5-8-16-52)53-17-9-6-10-18-53)51-25-31-56(32-26-51)66(57-33-34-59-58-19-11-12-20-60(58)62(3,4)61(59)39-57)55-27-21-49(22-28-55)63-40-45-36-46(41-63)38-47(37-45)42-63/h5-12,15-34,39,44-48H,13-14,35-38,40-43H2,1-4H3. The molecule has 2 unspecified atom stereocenters. The molecule has 0 N–H and O–H groups in total. The first-order valence-electron chi connectivity index (χ1n) is 25.4. The number of fused-ring (bicyclic) bond motifs is 3. The summed E-state index contributed by atoms with van der Waals surface area (Å²) in [5, 5.41) is 0. The summed E-state index contributed by atoms with van der Waals surface area (Å²) >= 11 is 0. The monoisotopic (exact) mass is 863 g/mol. The second-order valence-electron chi connectivity index (χ2n) is 22.3. The number of anilines is 6. The van der Waals surface area contributed by atoms with Crippen LogP contribution >= 0.6 is 0 Å². The molecule has 0 spiro atoms. The van der Waals surface area contributed by atoms with Gasteiger partial charge in [-0.25, -0.2) is 0 Å². The van der Waals surface area contributed by atoms with Crippen molar-refractivity contribution < 1.29 is 0 Å². The van der Waals surface area contributed by atoms with Gasteiger partial charge in [-0.1, -0.05) is 144 Å². The van der Waals surface area contributed by atoms with Gasteiger partial charge in [-0.15, -0.1) is 0 Å². The third-order valence-electron chi connectivity index (χ3n) is 17.7. The molecule has 7 aromatic carbocycles. The van der Waals surface area contributed by atoms with E-state index in [0.29, 0.717) is 17.3 Å². The number of para-hydroxylation sites is 2. The zero-order valence-electron chi connectivity index (χ0n) is 39.6. The first kappa shape index (κ1) is 41.6. The van der Waals surface area contributed by atoms with Crippen LogP contribution in [0.1, 0.15) is 120 Å². The van der Waals surface area contributed by atoms with Gasteiger partial charge in [0.2, 0.25) is 0 Å². The van der Waals surface area contributed by atoms with Crippen LogP contribution in [0.2, 0.25) is 0 Å². The van der Waals surface area contributed by atoms with E-state index in [-0.39, 0.29) is 10.8 Å². The van der Waals surface area contributed by atoms with Gasteiger partial charge in [0.05, 0.1) is 0 Å². The van der Waals surface area contributed by atoms with E-state index in [1.807, 2.05) is 0 Å². The normalized spacial score (nSPS) is 25.7. The molecule has 2 atom stereocenters. The molecule has 0 heterocycles. The number of hydrogen-bond acceptors (Lipinski definition) is 2. The second kappa shape index (κ2) is 16.2. The Bertz CT molecular complexity index is 2760. The first-order valence-corrected chi connectivity index (χ1v) is 25.4. The van der Waals surface area contributed by atoms with Gasteiger partial charge in [-0.3, -0.25) is 0 Å². The van der Waals surface area contributed by atoms with Gasteiger partial charge in [0, 0.05) is 45.0 Å². The Kier molecular flexibility index (Phi) is 10.2. The van der Waals surface area contributed by atoms with E-state index in [1.165, 1.54) is 125 Å². The predicted molar refractivity (Wildman–Crippen MR) is 277 cm³/mol. The predicted octanol–water partition coefficient (Wildman–Crippen LogP) is 17.5. The Morgan fingerprint density at radius 2 is 0.879 bits per heavy atom. The van der Waals surface area contributed by atoms with Crippen molar-refractivity contribution in [3.63, 3.8) is 0 Å². The summed E-state index contributed by atoms with van der Waals surface area (Å²) in [5.41, 5.74) is 17.5. The molecule has 5 saturated carbocycles. The zero-order chi connectivity index (χ0) is 44.6. The van der Waals surface area contributed by atoms with Gasteiger partial charge < -0.3 is 9.80 Å². The molecular formula is C64H66N2. The molecule has 5 fully saturated rings. The fourth-order valence-corrected chi connectivity index (χ4v) is 14.7. The lowest BCUT2D eigenvalue weighted by Crippen LogP contribution is -2.48. The van der Waals surface area contributed by atoms with E-state index in [1.54, 1.807) is 5.56 Å². The van der Waals surface area contributed by atoms with Crippen molar-refractivity contribution in [1.82, 2.24) is 0 Å². The summed E-state index contributed by atoms with van der Waals surface area (Å²) in [6.45, 7) is 9.69. The van der Waals surface area contributed by atoms with Crippen molar-refractivity contribution in [2.75, 3.05) is 9.80 Å². The van der Waals surface area contributed by atoms with Crippen molar-refractivity contribution in [3.05, 3.63) is 204 Å². The average molecular weight is 863 g/mol. The van der Waals surface area contributed by atoms with Crippen LogP contribution in [-0.4, -0.2) is 0 Å². The summed E-state index contributed by atoms with van der Waals surface area (Å²) in [7, 11) is 0. The minimum atomic E-state index is -0.0745. The van der Waals surface area contributed by atoms with Gasteiger partial charge in [0.15, 0.2) is 0 Å². The van der Waals surface area contributed by atoms with E-state index in [2.05, 4.69) is 213 Å². The Balaban J connectivity index is 0.936. The molecule has 332 valence electrons. The van der Waals surface area contributed by atoms with Crippen LogP contribution in [0, 0.1) is 29.6 Å². The van der Waals surface area contributed by atoms with Gasteiger partial charge in [-0.2, -0.15) is 0 Å². The van der Waals surface area contributed by atoms with Gasteiger partial charge in [0.1, 0.15) is 0 Å². The lowest BCUT2D eigenvalue weighted by atomic mass is 9.48. The Labute approximate surface area is 394 Å². The van der Waals surface area contributed by atoms with Crippen LogP contribution in [0.5, 0.6) is 0 Å². The fraction of sp³-hybridized carbons (Fsp3) is 0.344. The number of benzene rings is 7. The highest BCUT2D eigenvalue weighted by atomic mass is 15.1. The lowest BCUT2D eigenvalue weighted by Gasteiger charge is -2.57.